The van der Waals surface area contributed by atoms with E-state index in [2.05, 4.69) is 44.7 Å². The second-order valence-corrected chi connectivity index (χ2v) is 5.92. The van der Waals surface area contributed by atoms with Gasteiger partial charge in [-0.25, -0.2) is 9.97 Å². The fourth-order valence-electron chi connectivity index (χ4n) is 2.24. The molecule has 3 aromatic rings. The van der Waals surface area contributed by atoms with Crippen molar-refractivity contribution in [2.24, 2.45) is 0 Å². The van der Waals surface area contributed by atoms with Gasteiger partial charge in [0.15, 0.2) is 5.13 Å². The third kappa shape index (κ3) is 2.67. The number of para-hydroxylation sites is 1. The highest BCUT2D eigenvalue weighted by molar-refractivity contribution is 7.22. The summed E-state index contributed by atoms with van der Waals surface area (Å²) in [5.41, 5.74) is 1.09. The van der Waals surface area contributed by atoms with E-state index in [0.29, 0.717) is 0 Å². The van der Waals surface area contributed by atoms with Crippen LogP contribution in [-0.2, 0) is 6.54 Å². The number of hydrogen-bond acceptors (Lipinski definition) is 4. The number of fused-ring (bicyclic) bond motifs is 1. The number of aryl methyl sites for hydroxylation is 2. The van der Waals surface area contributed by atoms with E-state index in [1.54, 1.807) is 11.3 Å². The lowest BCUT2D eigenvalue weighted by atomic mass is 10.3. The molecule has 104 valence electrons. The third-order valence-corrected chi connectivity index (χ3v) is 4.58. The van der Waals surface area contributed by atoms with Crippen molar-refractivity contribution in [1.29, 1.82) is 0 Å². The zero-order chi connectivity index (χ0) is 13.9. The zero-order valence-corrected chi connectivity index (χ0v) is 12.6. The first-order chi connectivity index (χ1) is 9.74. The van der Waals surface area contributed by atoms with Crippen LogP contribution in [0.2, 0.25) is 0 Å². The van der Waals surface area contributed by atoms with E-state index in [-0.39, 0.29) is 0 Å². The van der Waals surface area contributed by atoms with Gasteiger partial charge in [-0.2, -0.15) is 0 Å². The molecule has 5 heteroatoms. The molecule has 2 heterocycles. The Balaban J connectivity index is 1.61. The highest BCUT2D eigenvalue weighted by Crippen LogP contribution is 2.27. The second-order valence-electron chi connectivity index (χ2n) is 4.91. The van der Waals surface area contributed by atoms with Gasteiger partial charge in [-0.05, 0) is 25.5 Å². The topological polar surface area (TPSA) is 34.0 Å². The molecule has 0 fully saturated rings. The van der Waals surface area contributed by atoms with Crippen molar-refractivity contribution in [3.05, 3.63) is 42.5 Å². The molecule has 0 saturated heterocycles. The summed E-state index contributed by atoms with van der Waals surface area (Å²) in [6.45, 7) is 4.04. The summed E-state index contributed by atoms with van der Waals surface area (Å²) in [6.07, 6.45) is 4.98. The lowest BCUT2D eigenvalue weighted by molar-refractivity contribution is 0.622. The fraction of sp³-hybridized carbons (Fsp3) is 0.333. The van der Waals surface area contributed by atoms with Crippen LogP contribution >= 0.6 is 11.3 Å². The van der Waals surface area contributed by atoms with Gasteiger partial charge in [-0.15, -0.1) is 0 Å². The average molecular weight is 286 g/mol. The molecule has 4 nitrogen and oxygen atoms in total. The Morgan fingerprint density at radius 2 is 2.15 bits per heavy atom. The van der Waals surface area contributed by atoms with Crippen LogP contribution in [0.15, 0.2) is 36.7 Å². The third-order valence-electron chi connectivity index (χ3n) is 3.43. The lowest BCUT2D eigenvalue weighted by Crippen LogP contribution is -2.19. The Hall–Kier alpha value is -1.88. The summed E-state index contributed by atoms with van der Waals surface area (Å²) in [5.74, 6) is 1.08. The molecule has 0 unspecified atom stereocenters. The van der Waals surface area contributed by atoms with E-state index in [1.165, 1.54) is 4.70 Å². The van der Waals surface area contributed by atoms with Crippen LogP contribution in [0.1, 0.15) is 12.2 Å². The fourth-order valence-corrected chi connectivity index (χ4v) is 3.19. The van der Waals surface area contributed by atoms with Gasteiger partial charge in [0.05, 0.1) is 10.2 Å². The second kappa shape index (κ2) is 5.63. The normalized spacial score (nSPS) is 11.1. The molecular formula is C15H18N4S. The number of imidazole rings is 1. The van der Waals surface area contributed by atoms with E-state index in [4.69, 9.17) is 0 Å². The van der Waals surface area contributed by atoms with Crippen LogP contribution in [0, 0.1) is 6.92 Å². The van der Waals surface area contributed by atoms with Crippen LogP contribution in [0.5, 0.6) is 0 Å². The molecule has 2 aromatic heterocycles. The van der Waals surface area contributed by atoms with Crippen LogP contribution in [0.3, 0.4) is 0 Å². The molecule has 20 heavy (non-hydrogen) atoms. The van der Waals surface area contributed by atoms with Gasteiger partial charge < -0.3 is 9.47 Å². The molecule has 0 spiro atoms. The Labute approximate surface area is 122 Å². The first-order valence-electron chi connectivity index (χ1n) is 6.78. The summed E-state index contributed by atoms with van der Waals surface area (Å²) < 4.78 is 3.44. The summed E-state index contributed by atoms with van der Waals surface area (Å²) in [7, 11) is 2.11. The Morgan fingerprint density at radius 1 is 1.30 bits per heavy atom. The number of nitrogens with zero attached hydrogens (tertiary/aromatic N) is 4. The molecule has 0 N–H and O–H groups in total. The minimum atomic E-state index is 0.997. The van der Waals surface area contributed by atoms with Crippen molar-refractivity contribution in [1.82, 2.24) is 14.5 Å². The van der Waals surface area contributed by atoms with Crippen LogP contribution in [0.25, 0.3) is 10.2 Å². The molecule has 3 rings (SSSR count). The predicted octanol–water partition coefficient (Wildman–Crippen LogP) is 3.33. The Morgan fingerprint density at radius 3 is 2.90 bits per heavy atom. The van der Waals surface area contributed by atoms with Gasteiger partial charge >= 0.3 is 0 Å². The van der Waals surface area contributed by atoms with Crippen molar-refractivity contribution < 1.29 is 0 Å². The summed E-state index contributed by atoms with van der Waals surface area (Å²) >= 11 is 1.75. The molecule has 1 aromatic carbocycles. The van der Waals surface area contributed by atoms with Crippen LogP contribution < -0.4 is 4.90 Å². The van der Waals surface area contributed by atoms with Gasteiger partial charge in [0, 0.05) is 32.5 Å². The van der Waals surface area contributed by atoms with Gasteiger partial charge in [0.1, 0.15) is 5.82 Å². The smallest absolute Gasteiger partial charge is 0.186 e. The van der Waals surface area contributed by atoms with E-state index >= 15 is 0 Å². The Kier molecular flexibility index (Phi) is 3.69. The van der Waals surface area contributed by atoms with Gasteiger partial charge in [0.25, 0.3) is 0 Å². The van der Waals surface area contributed by atoms with Crippen LogP contribution in [-0.4, -0.2) is 28.1 Å². The standard InChI is InChI=1S/C15H18N4S/c1-12-16-8-11-19(12)10-5-9-18(2)15-17-13-6-3-4-7-14(13)20-15/h3-4,6-8,11H,5,9-10H2,1-2H3. The quantitative estimate of drug-likeness (QED) is 0.721. The zero-order valence-electron chi connectivity index (χ0n) is 11.8. The molecule has 0 amide bonds. The number of thiazole rings is 1. The predicted molar refractivity (Wildman–Crippen MR) is 84.5 cm³/mol. The monoisotopic (exact) mass is 286 g/mol. The van der Waals surface area contributed by atoms with E-state index < -0.39 is 0 Å². The molecule has 0 aliphatic heterocycles. The molecule has 0 radical (unpaired) electrons. The number of hydrogen-bond donors (Lipinski definition) is 0. The summed E-state index contributed by atoms with van der Waals surface area (Å²) in [4.78, 5) is 11.1. The van der Waals surface area contributed by atoms with Crippen molar-refractivity contribution in [3.63, 3.8) is 0 Å². The SMILES string of the molecule is Cc1nccn1CCCN(C)c1nc2ccccc2s1. The molecule has 0 atom stereocenters. The van der Waals surface area contributed by atoms with Crippen LogP contribution in [0.4, 0.5) is 5.13 Å². The number of benzene rings is 1. The molecular weight excluding hydrogens is 268 g/mol. The van der Waals surface area contributed by atoms with Crippen molar-refractivity contribution in [2.45, 2.75) is 19.9 Å². The Bertz CT molecular complexity index is 668. The highest BCUT2D eigenvalue weighted by atomic mass is 32.1. The minimum absolute atomic E-state index is 0.997. The van der Waals surface area contributed by atoms with Crippen molar-refractivity contribution in [3.8, 4) is 0 Å². The maximum absolute atomic E-state index is 4.67. The summed E-state index contributed by atoms with van der Waals surface area (Å²) in [5, 5.41) is 1.09. The van der Waals surface area contributed by atoms with Crippen molar-refractivity contribution >= 4 is 26.7 Å². The molecule has 0 aliphatic carbocycles. The number of aromatic nitrogens is 3. The maximum atomic E-state index is 4.67. The maximum Gasteiger partial charge on any atom is 0.186 e. The van der Waals surface area contributed by atoms with Gasteiger partial charge in [-0.1, -0.05) is 23.5 Å². The van der Waals surface area contributed by atoms with E-state index in [1.807, 2.05) is 25.4 Å². The first kappa shape index (κ1) is 13.1. The first-order valence-corrected chi connectivity index (χ1v) is 7.60. The molecule has 0 bridgehead atoms. The van der Waals surface area contributed by atoms with E-state index in [9.17, 15) is 0 Å². The largest absolute Gasteiger partial charge is 0.351 e. The number of anilines is 1. The van der Waals surface area contributed by atoms with Gasteiger partial charge in [-0.3, -0.25) is 0 Å². The highest BCUT2D eigenvalue weighted by Gasteiger charge is 2.07. The van der Waals surface area contributed by atoms with E-state index in [0.717, 1.165) is 36.0 Å². The number of rotatable bonds is 5. The molecule has 0 aliphatic rings. The summed E-state index contributed by atoms with van der Waals surface area (Å²) in [6, 6.07) is 8.29. The van der Waals surface area contributed by atoms with Gasteiger partial charge in [0.2, 0.25) is 0 Å². The molecule has 0 saturated carbocycles. The average Bonchev–Trinajstić information content (AvgIpc) is 3.05. The minimum Gasteiger partial charge on any atom is -0.351 e. The lowest BCUT2D eigenvalue weighted by Gasteiger charge is -2.15. The van der Waals surface area contributed by atoms with Crippen molar-refractivity contribution in [2.75, 3.05) is 18.5 Å².